The fourth-order valence-electron chi connectivity index (χ4n) is 3.94. The van der Waals surface area contributed by atoms with E-state index in [4.69, 9.17) is 9.47 Å². The van der Waals surface area contributed by atoms with Crippen LogP contribution in [0.1, 0.15) is 46.5 Å². The van der Waals surface area contributed by atoms with Gasteiger partial charge in [0.15, 0.2) is 0 Å². The van der Waals surface area contributed by atoms with Gasteiger partial charge in [0.2, 0.25) is 0 Å². The predicted molar refractivity (Wildman–Crippen MR) is 107 cm³/mol. The first-order chi connectivity index (χ1) is 12.7. The molecule has 2 unspecified atom stereocenters. The summed E-state index contributed by atoms with van der Waals surface area (Å²) in [7, 11) is 0. The minimum absolute atomic E-state index is 0.179. The third-order valence-corrected chi connectivity index (χ3v) is 5.69. The van der Waals surface area contributed by atoms with Gasteiger partial charge in [0.1, 0.15) is 5.60 Å². The number of carbonyl (C=O) groups excluding carboxylic acids is 2. The minimum atomic E-state index is -0.486. The lowest BCUT2D eigenvalue weighted by atomic mass is 9.92. The number of nitrogens with one attached hydrogen (secondary N) is 1. The normalized spacial score (nSPS) is 24.4. The van der Waals surface area contributed by atoms with Crippen molar-refractivity contribution in [2.45, 2.75) is 64.1 Å². The Balaban J connectivity index is 1.49. The summed E-state index contributed by atoms with van der Waals surface area (Å²) >= 11 is 3.40. The minimum Gasteiger partial charge on any atom is -0.449 e. The van der Waals surface area contributed by atoms with Gasteiger partial charge in [-0.25, -0.2) is 9.59 Å². The van der Waals surface area contributed by atoms with Crippen LogP contribution in [0, 0.1) is 5.92 Å². The van der Waals surface area contributed by atoms with E-state index in [1.165, 1.54) is 0 Å². The molecule has 2 bridgehead atoms. The van der Waals surface area contributed by atoms with E-state index in [9.17, 15) is 9.59 Å². The van der Waals surface area contributed by atoms with Gasteiger partial charge in [0, 0.05) is 16.6 Å². The van der Waals surface area contributed by atoms with E-state index >= 15 is 0 Å². The van der Waals surface area contributed by atoms with Crippen LogP contribution in [0.3, 0.4) is 0 Å². The molecule has 27 heavy (non-hydrogen) atoms. The number of para-hydroxylation sites is 1. The maximum absolute atomic E-state index is 12.5. The molecule has 2 aliphatic rings. The SMILES string of the molecule is CC(C)(C)OC(=O)N1C2CCC1CC(COC(=O)Nc1ccccc1Br)C2. The zero-order valence-corrected chi connectivity index (χ0v) is 17.6. The molecule has 2 heterocycles. The Labute approximate surface area is 168 Å². The average molecular weight is 439 g/mol. The number of piperidine rings is 1. The summed E-state index contributed by atoms with van der Waals surface area (Å²) in [4.78, 5) is 26.5. The molecule has 2 fully saturated rings. The van der Waals surface area contributed by atoms with E-state index in [-0.39, 0.29) is 24.1 Å². The van der Waals surface area contributed by atoms with Crippen molar-refractivity contribution in [1.29, 1.82) is 0 Å². The zero-order valence-electron chi connectivity index (χ0n) is 16.0. The van der Waals surface area contributed by atoms with E-state index in [1.54, 1.807) is 0 Å². The number of halogens is 1. The molecule has 6 nitrogen and oxygen atoms in total. The number of anilines is 1. The Hall–Kier alpha value is -1.76. The Bertz CT molecular complexity index is 689. The lowest BCUT2D eigenvalue weighted by Crippen LogP contribution is -2.49. The first kappa shape index (κ1) is 20.0. The van der Waals surface area contributed by atoms with E-state index in [1.807, 2.05) is 49.9 Å². The van der Waals surface area contributed by atoms with Gasteiger partial charge in [-0.3, -0.25) is 5.32 Å². The largest absolute Gasteiger partial charge is 0.449 e. The van der Waals surface area contributed by atoms with Gasteiger partial charge in [-0.2, -0.15) is 0 Å². The van der Waals surface area contributed by atoms with Crippen molar-refractivity contribution in [3.8, 4) is 0 Å². The van der Waals surface area contributed by atoms with Crippen LogP contribution in [0.15, 0.2) is 28.7 Å². The predicted octanol–water partition coefficient (Wildman–Crippen LogP) is 5.18. The fourth-order valence-corrected chi connectivity index (χ4v) is 4.32. The molecule has 7 heteroatoms. The Kier molecular flexibility index (Phi) is 5.99. The highest BCUT2D eigenvalue weighted by Crippen LogP contribution is 2.39. The second-order valence-electron chi connectivity index (χ2n) is 8.31. The van der Waals surface area contributed by atoms with Crippen molar-refractivity contribution < 1.29 is 19.1 Å². The first-order valence-electron chi connectivity index (χ1n) is 9.42. The number of nitrogens with zero attached hydrogens (tertiary/aromatic N) is 1. The monoisotopic (exact) mass is 438 g/mol. The molecule has 2 aliphatic heterocycles. The molecule has 2 saturated heterocycles. The van der Waals surface area contributed by atoms with Gasteiger partial charge >= 0.3 is 12.2 Å². The van der Waals surface area contributed by atoms with E-state index in [0.717, 1.165) is 30.2 Å². The summed E-state index contributed by atoms with van der Waals surface area (Å²) in [6.45, 7) is 6.02. The van der Waals surface area contributed by atoms with Gasteiger partial charge in [-0.1, -0.05) is 12.1 Å². The molecule has 0 aliphatic carbocycles. The summed E-state index contributed by atoms with van der Waals surface area (Å²) in [6, 6.07) is 7.76. The van der Waals surface area contributed by atoms with Crippen LogP contribution >= 0.6 is 15.9 Å². The fraction of sp³-hybridized carbons (Fsp3) is 0.600. The summed E-state index contributed by atoms with van der Waals surface area (Å²) in [5.41, 5.74) is 0.197. The Morgan fingerprint density at radius 2 is 1.81 bits per heavy atom. The third-order valence-electron chi connectivity index (χ3n) is 5.00. The van der Waals surface area contributed by atoms with E-state index < -0.39 is 11.7 Å². The smallest absolute Gasteiger partial charge is 0.411 e. The number of ether oxygens (including phenoxy) is 2. The quantitative estimate of drug-likeness (QED) is 0.705. The van der Waals surface area contributed by atoms with Gasteiger partial charge in [0.25, 0.3) is 0 Å². The van der Waals surface area contributed by atoms with Gasteiger partial charge < -0.3 is 14.4 Å². The molecule has 0 saturated carbocycles. The lowest BCUT2D eigenvalue weighted by molar-refractivity contribution is -0.00262. The molecule has 3 rings (SSSR count). The van der Waals surface area contributed by atoms with Gasteiger partial charge in [-0.15, -0.1) is 0 Å². The van der Waals surface area contributed by atoms with Crippen molar-refractivity contribution in [2.75, 3.05) is 11.9 Å². The molecule has 1 aromatic rings. The molecular formula is C20H27BrN2O4. The number of benzene rings is 1. The van der Waals surface area contributed by atoms with Crippen LogP contribution < -0.4 is 5.32 Å². The third kappa shape index (κ3) is 5.15. The number of fused-ring (bicyclic) bond motifs is 2. The van der Waals surface area contributed by atoms with Crippen molar-refractivity contribution >= 4 is 33.8 Å². The number of hydrogen-bond acceptors (Lipinski definition) is 4. The maximum Gasteiger partial charge on any atom is 0.411 e. The summed E-state index contributed by atoms with van der Waals surface area (Å²) in [5.74, 6) is 0.270. The summed E-state index contributed by atoms with van der Waals surface area (Å²) in [5, 5.41) is 2.75. The molecular weight excluding hydrogens is 412 g/mol. The molecule has 0 radical (unpaired) electrons. The van der Waals surface area contributed by atoms with Gasteiger partial charge in [0.05, 0.1) is 12.3 Å². The average Bonchev–Trinajstić information content (AvgIpc) is 2.85. The number of carbonyl (C=O) groups is 2. The standard InChI is InChI=1S/C20H27BrN2O4/c1-20(2,3)27-19(25)23-14-8-9-15(23)11-13(10-14)12-26-18(24)22-17-7-5-4-6-16(17)21/h4-7,13-15H,8-12H2,1-3H3,(H,22,24). The van der Waals surface area contributed by atoms with Crippen LogP contribution in [0.2, 0.25) is 0 Å². The second-order valence-corrected chi connectivity index (χ2v) is 9.17. The molecule has 0 spiro atoms. The maximum atomic E-state index is 12.5. The summed E-state index contributed by atoms with van der Waals surface area (Å²) < 4.78 is 11.8. The zero-order chi connectivity index (χ0) is 19.6. The number of hydrogen-bond donors (Lipinski definition) is 1. The lowest BCUT2D eigenvalue weighted by Gasteiger charge is -2.39. The van der Waals surface area contributed by atoms with Gasteiger partial charge in [-0.05, 0) is 80.4 Å². The molecule has 0 aromatic heterocycles. The van der Waals surface area contributed by atoms with Crippen molar-refractivity contribution in [3.05, 3.63) is 28.7 Å². The van der Waals surface area contributed by atoms with Crippen molar-refractivity contribution in [2.24, 2.45) is 5.92 Å². The van der Waals surface area contributed by atoms with Crippen molar-refractivity contribution in [1.82, 2.24) is 4.90 Å². The topological polar surface area (TPSA) is 67.9 Å². The second kappa shape index (κ2) is 8.09. The Morgan fingerprint density at radius 1 is 1.19 bits per heavy atom. The highest BCUT2D eigenvalue weighted by atomic mass is 79.9. The Morgan fingerprint density at radius 3 is 2.41 bits per heavy atom. The van der Waals surface area contributed by atoms with Crippen LogP contribution in [0.25, 0.3) is 0 Å². The van der Waals surface area contributed by atoms with Crippen LogP contribution in [0.5, 0.6) is 0 Å². The molecule has 2 amide bonds. The van der Waals surface area contributed by atoms with Crippen LogP contribution in [0.4, 0.5) is 15.3 Å². The van der Waals surface area contributed by atoms with E-state index in [2.05, 4.69) is 21.2 Å². The molecule has 2 atom stereocenters. The highest BCUT2D eigenvalue weighted by Gasteiger charge is 2.45. The number of amides is 2. The van der Waals surface area contributed by atoms with Crippen LogP contribution in [-0.4, -0.2) is 41.4 Å². The first-order valence-corrected chi connectivity index (χ1v) is 10.2. The highest BCUT2D eigenvalue weighted by molar-refractivity contribution is 9.10. The molecule has 148 valence electrons. The molecule has 1 aromatic carbocycles. The van der Waals surface area contributed by atoms with E-state index in [0.29, 0.717) is 12.3 Å². The summed E-state index contributed by atoms with van der Waals surface area (Å²) in [6.07, 6.45) is 2.99. The number of rotatable bonds is 3. The molecule has 1 N–H and O–H groups in total. The van der Waals surface area contributed by atoms with Crippen molar-refractivity contribution in [3.63, 3.8) is 0 Å². The van der Waals surface area contributed by atoms with Crippen LogP contribution in [-0.2, 0) is 9.47 Å².